The van der Waals surface area contributed by atoms with Gasteiger partial charge in [0.15, 0.2) is 11.5 Å². The molecule has 0 bridgehead atoms. The molecule has 108 valence electrons. The van der Waals surface area contributed by atoms with E-state index in [9.17, 15) is 5.11 Å². The summed E-state index contributed by atoms with van der Waals surface area (Å²) in [6, 6.07) is 3.70. The Balaban J connectivity index is 2.39. The number of nitrogens with one attached hydrogen (secondary N) is 1. The summed E-state index contributed by atoms with van der Waals surface area (Å²) in [6.07, 6.45) is 2.06. The average Bonchev–Trinajstić information content (AvgIpc) is 2.41. The van der Waals surface area contributed by atoms with Crippen LogP contribution in [0.4, 0.5) is 0 Å². The molecule has 19 heavy (non-hydrogen) atoms. The maximum Gasteiger partial charge on any atom is 0.172 e. The second-order valence-electron chi connectivity index (χ2n) is 4.74. The minimum Gasteiger partial charge on any atom is -0.503 e. The van der Waals surface area contributed by atoms with Gasteiger partial charge in [-0.2, -0.15) is 0 Å². The van der Waals surface area contributed by atoms with Gasteiger partial charge in [-0.15, -0.1) is 0 Å². The third-order valence-electron chi connectivity index (χ3n) is 3.00. The van der Waals surface area contributed by atoms with Crippen LogP contribution in [-0.4, -0.2) is 30.5 Å². The Morgan fingerprint density at radius 1 is 1.42 bits per heavy atom. The lowest BCUT2D eigenvalue weighted by Gasteiger charge is -2.11. The fraction of sp³-hybridized carbons (Fsp3) is 0.571. The van der Waals surface area contributed by atoms with Crippen molar-refractivity contribution >= 4 is 15.9 Å². The summed E-state index contributed by atoms with van der Waals surface area (Å²) >= 11 is 3.30. The third-order valence-corrected chi connectivity index (χ3v) is 3.60. The zero-order chi connectivity index (χ0) is 14.3. The van der Waals surface area contributed by atoms with Crippen LogP contribution < -0.4 is 10.1 Å². The van der Waals surface area contributed by atoms with E-state index in [1.54, 1.807) is 0 Å². The van der Waals surface area contributed by atoms with Crippen molar-refractivity contribution in [1.82, 2.24) is 5.32 Å². The van der Waals surface area contributed by atoms with Gasteiger partial charge in [-0.3, -0.25) is 0 Å². The van der Waals surface area contributed by atoms with E-state index in [0.29, 0.717) is 16.1 Å². The number of hydrogen-bond acceptors (Lipinski definition) is 4. The quantitative estimate of drug-likeness (QED) is 0.641. The number of methoxy groups -OCH3 is 1. The van der Waals surface area contributed by atoms with Crippen LogP contribution in [0.1, 0.15) is 25.3 Å². The molecule has 0 aliphatic carbocycles. The van der Waals surface area contributed by atoms with Gasteiger partial charge in [0.2, 0.25) is 0 Å². The standard InChI is InChI=1S/C14H22BrNO3/c1-10(9-17)4-3-5-16-8-11-6-12(15)14(18)13(7-11)19-2/h6-7,10,16-18H,3-5,8-9H2,1-2H3. The largest absolute Gasteiger partial charge is 0.503 e. The average molecular weight is 332 g/mol. The minimum absolute atomic E-state index is 0.128. The van der Waals surface area contributed by atoms with Gasteiger partial charge in [0.25, 0.3) is 0 Å². The van der Waals surface area contributed by atoms with Crippen LogP contribution in [0.3, 0.4) is 0 Å². The van der Waals surface area contributed by atoms with Crippen LogP contribution in [0.15, 0.2) is 16.6 Å². The third kappa shape index (κ3) is 5.38. The van der Waals surface area contributed by atoms with E-state index in [1.165, 1.54) is 7.11 Å². The summed E-state index contributed by atoms with van der Waals surface area (Å²) in [5.74, 6) is 0.966. The Bertz CT molecular complexity index is 399. The van der Waals surface area contributed by atoms with E-state index in [0.717, 1.165) is 31.5 Å². The second kappa shape index (κ2) is 8.40. The molecule has 1 aromatic rings. The maximum absolute atomic E-state index is 9.70. The molecule has 0 saturated carbocycles. The fourth-order valence-corrected chi connectivity index (χ4v) is 2.27. The predicted molar refractivity (Wildman–Crippen MR) is 79.5 cm³/mol. The van der Waals surface area contributed by atoms with Crippen LogP contribution in [0.25, 0.3) is 0 Å². The second-order valence-corrected chi connectivity index (χ2v) is 5.59. The number of aliphatic hydroxyl groups excluding tert-OH is 1. The highest BCUT2D eigenvalue weighted by Gasteiger charge is 2.08. The molecule has 0 aliphatic heterocycles. The molecule has 1 rings (SSSR count). The minimum atomic E-state index is 0.128. The summed E-state index contributed by atoms with van der Waals surface area (Å²) in [7, 11) is 1.54. The molecule has 0 aliphatic rings. The molecule has 3 N–H and O–H groups in total. The molecule has 1 aromatic carbocycles. The summed E-state index contributed by atoms with van der Waals surface area (Å²) in [4.78, 5) is 0. The number of ether oxygens (including phenoxy) is 1. The first-order valence-electron chi connectivity index (χ1n) is 6.45. The lowest BCUT2D eigenvalue weighted by molar-refractivity contribution is 0.228. The van der Waals surface area contributed by atoms with Crippen LogP contribution in [0, 0.1) is 5.92 Å². The summed E-state index contributed by atoms with van der Waals surface area (Å²) in [5, 5.41) is 22.0. The van der Waals surface area contributed by atoms with Gasteiger partial charge in [-0.1, -0.05) is 6.92 Å². The van der Waals surface area contributed by atoms with Gasteiger partial charge in [0, 0.05) is 13.2 Å². The highest BCUT2D eigenvalue weighted by Crippen LogP contribution is 2.35. The highest BCUT2D eigenvalue weighted by molar-refractivity contribution is 9.10. The molecular weight excluding hydrogens is 310 g/mol. The van der Waals surface area contributed by atoms with E-state index in [4.69, 9.17) is 9.84 Å². The molecule has 1 atom stereocenters. The highest BCUT2D eigenvalue weighted by atomic mass is 79.9. The van der Waals surface area contributed by atoms with Crippen LogP contribution in [0.5, 0.6) is 11.5 Å². The van der Waals surface area contributed by atoms with E-state index in [1.807, 2.05) is 19.1 Å². The number of aromatic hydroxyl groups is 1. The van der Waals surface area contributed by atoms with Crippen molar-refractivity contribution in [3.63, 3.8) is 0 Å². The zero-order valence-electron chi connectivity index (χ0n) is 11.4. The molecule has 0 heterocycles. The number of phenols is 1. The molecule has 0 radical (unpaired) electrons. The molecule has 0 fully saturated rings. The Hall–Kier alpha value is -0.780. The van der Waals surface area contributed by atoms with Gasteiger partial charge in [-0.25, -0.2) is 0 Å². The monoisotopic (exact) mass is 331 g/mol. The van der Waals surface area contributed by atoms with Crippen LogP contribution >= 0.6 is 15.9 Å². The maximum atomic E-state index is 9.70. The number of halogens is 1. The van der Waals surface area contributed by atoms with E-state index < -0.39 is 0 Å². The molecule has 1 unspecified atom stereocenters. The topological polar surface area (TPSA) is 61.7 Å². The number of rotatable bonds is 8. The first-order valence-corrected chi connectivity index (χ1v) is 7.24. The Morgan fingerprint density at radius 2 is 2.16 bits per heavy atom. The number of benzene rings is 1. The normalized spacial score (nSPS) is 12.4. The van der Waals surface area contributed by atoms with Gasteiger partial charge < -0.3 is 20.3 Å². The molecule has 0 spiro atoms. The van der Waals surface area contributed by atoms with Gasteiger partial charge >= 0.3 is 0 Å². The lowest BCUT2D eigenvalue weighted by Crippen LogP contribution is -2.16. The van der Waals surface area contributed by atoms with E-state index >= 15 is 0 Å². The summed E-state index contributed by atoms with van der Waals surface area (Å²) in [6.45, 7) is 3.93. The SMILES string of the molecule is COc1cc(CNCCCC(C)CO)cc(Br)c1O. The van der Waals surface area contributed by atoms with Crippen molar-refractivity contribution in [3.05, 3.63) is 22.2 Å². The van der Waals surface area contributed by atoms with Crippen LogP contribution in [-0.2, 0) is 6.54 Å². The first kappa shape index (κ1) is 16.3. The number of phenolic OH excluding ortho intramolecular Hbond substituents is 1. The Kier molecular flexibility index (Phi) is 7.20. The zero-order valence-corrected chi connectivity index (χ0v) is 13.0. The molecule has 4 nitrogen and oxygen atoms in total. The lowest BCUT2D eigenvalue weighted by atomic mass is 10.1. The van der Waals surface area contributed by atoms with Crippen molar-refractivity contribution in [1.29, 1.82) is 0 Å². The van der Waals surface area contributed by atoms with E-state index in [2.05, 4.69) is 21.2 Å². The number of aliphatic hydroxyl groups is 1. The molecular formula is C14H22BrNO3. The van der Waals surface area contributed by atoms with Crippen molar-refractivity contribution in [2.75, 3.05) is 20.3 Å². The van der Waals surface area contributed by atoms with E-state index in [-0.39, 0.29) is 12.4 Å². The predicted octanol–water partition coefficient (Wildman–Crippen LogP) is 2.66. The van der Waals surface area contributed by atoms with Gasteiger partial charge in [0.1, 0.15) is 0 Å². The van der Waals surface area contributed by atoms with Crippen LogP contribution in [0.2, 0.25) is 0 Å². The Labute approximate surface area is 122 Å². The molecule has 0 amide bonds. The first-order chi connectivity index (χ1) is 9.08. The van der Waals surface area contributed by atoms with Crippen molar-refractivity contribution in [2.45, 2.75) is 26.3 Å². The smallest absolute Gasteiger partial charge is 0.172 e. The molecule has 5 heteroatoms. The number of hydrogen-bond donors (Lipinski definition) is 3. The summed E-state index contributed by atoms with van der Waals surface area (Å²) in [5.41, 5.74) is 1.05. The van der Waals surface area contributed by atoms with Crippen molar-refractivity contribution in [3.8, 4) is 11.5 Å². The molecule has 0 aromatic heterocycles. The molecule has 0 saturated heterocycles. The fourth-order valence-electron chi connectivity index (χ4n) is 1.78. The van der Waals surface area contributed by atoms with Crippen molar-refractivity contribution in [2.24, 2.45) is 5.92 Å². The van der Waals surface area contributed by atoms with Crippen molar-refractivity contribution < 1.29 is 14.9 Å². The summed E-state index contributed by atoms with van der Waals surface area (Å²) < 4.78 is 5.74. The Morgan fingerprint density at radius 3 is 2.79 bits per heavy atom. The van der Waals surface area contributed by atoms with Gasteiger partial charge in [-0.05, 0) is 58.9 Å². The van der Waals surface area contributed by atoms with Gasteiger partial charge in [0.05, 0.1) is 11.6 Å².